The van der Waals surface area contributed by atoms with E-state index in [0.29, 0.717) is 11.1 Å². The molecule has 0 radical (unpaired) electrons. The third kappa shape index (κ3) is 3.28. The number of halogens is 4. The minimum Gasteiger partial charge on any atom is -0.479 e. The predicted molar refractivity (Wildman–Crippen MR) is 84.5 cm³/mol. The lowest BCUT2D eigenvalue weighted by atomic mass is 9.96. The van der Waals surface area contributed by atoms with Gasteiger partial charge in [0.2, 0.25) is 0 Å². The van der Waals surface area contributed by atoms with Crippen molar-refractivity contribution >= 4 is 52.4 Å². The summed E-state index contributed by atoms with van der Waals surface area (Å²) in [4.78, 5) is 11.0. The average Bonchev–Trinajstić information content (AvgIpc) is 2.42. The molecular weight excluding hydrogens is 358 g/mol. The van der Waals surface area contributed by atoms with Crippen molar-refractivity contribution in [2.24, 2.45) is 0 Å². The highest BCUT2D eigenvalue weighted by Crippen LogP contribution is 2.41. The van der Waals surface area contributed by atoms with E-state index in [9.17, 15) is 9.90 Å². The lowest BCUT2D eigenvalue weighted by Crippen LogP contribution is -2.11. The zero-order chi connectivity index (χ0) is 15.7. The maximum atomic E-state index is 11.0. The van der Waals surface area contributed by atoms with Crippen molar-refractivity contribution in [2.75, 3.05) is 0 Å². The van der Waals surface area contributed by atoms with Crippen LogP contribution in [0.5, 0.6) is 0 Å². The van der Waals surface area contributed by atoms with Crippen molar-refractivity contribution in [3.63, 3.8) is 0 Å². The highest BCUT2D eigenvalue weighted by molar-refractivity contribution is 6.44. The van der Waals surface area contributed by atoms with Gasteiger partial charge in [-0.1, -0.05) is 58.5 Å². The zero-order valence-electron chi connectivity index (χ0n) is 10.3. The van der Waals surface area contributed by atoms with Crippen LogP contribution in [-0.2, 0) is 4.79 Å². The van der Waals surface area contributed by atoms with Gasteiger partial charge < -0.3 is 10.2 Å². The minimum atomic E-state index is -1.73. The molecule has 0 fully saturated rings. The van der Waals surface area contributed by atoms with E-state index < -0.39 is 12.1 Å². The molecule has 3 nitrogen and oxygen atoms in total. The van der Waals surface area contributed by atoms with Crippen LogP contribution >= 0.6 is 46.4 Å². The predicted octanol–water partition coefficient (Wildman–Crippen LogP) is 5.09. The second kappa shape index (κ2) is 6.42. The fraction of sp³-hybridized carbons (Fsp3) is 0.0714. The van der Waals surface area contributed by atoms with Crippen LogP contribution in [0.4, 0.5) is 0 Å². The van der Waals surface area contributed by atoms with E-state index in [0.717, 1.165) is 0 Å². The van der Waals surface area contributed by atoms with Gasteiger partial charge in [-0.3, -0.25) is 0 Å². The minimum absolute atomic E-state index is 0.121. The Balaban J connectivity index is 2.75. The third-order valence-electron chi connectivity index (χ3n) is 2.85. The second-order valence-corrected chi connectivity index (χ2v) is 5.82. The first-order valence-electron chi connectivity index (χ1n) is 5.67. The van der Waals surface area contributed by atoms with Crippen LogP contribution < -0.4 is 0 Å². The highest BCUT2D eigenvalue weighted by Gasteiger charge is 2.23. The Labute approximate surface area is 140 Å². The number of benzene rings is 2. The Morgan fingerprint density at radius 2 is 1.57 bits per heavy atom. The fourth-order valence-corrected chi connectivity index (χ4v) is 2.82. The molecule has 1 atom stereocenters. The van der Waals surface area contributed by atoms with Crippen molar-refractivity contribution in [3.8, 4) is 11.1 Å². The number of aliphatic hydroxyl groups is 1. The molecule has 110 valence electrons. The van der Waals surface area contributed by atoms with Crippen LogP contribution in [0.25, 0.3) is 11.1 Å². The molecule has 2 aromatic rings. The van der Waals surface area contributed by atoms with E-state index in [2.05, 4.69) is 0 Å². The Morgan fingerprint density at radius 1 is 0.952 bits per heavy atom. The van der Waals surface area contributed by atoms with Gasteiger partial charge in [-0.2, -0.15) is 0 Å². The summed E-state index contributed by atoms with van der Waals surface area (Å²) < 4.78 is 0. The van der Waals surface area contributed by atoms with Crippen LogP contribution in [0.15, 0.2) is 30.3 Å². The van der Waals surface area contributed by atoms with Crippen molar-refractivity contribution in [1.29, 1.82) is 0 Å². The van der Waals surface area contributed by atoms with E-state index in [1.165, 1.54) is 18.2 Å². The summed E-state index contributed by atoms with van der Waals surface area (Å²) in [5.74, 6) is -1.39. The molecule has 0 bridgehead atoms. The fourth-order valence-electron chi connectivity index (χ4n) is 1.90. The molecule has 0 aliphatic rings. The van der Waals surface area contributed by atoms with Gasteiger partial charge in [-0.15, -0.1) is 0 Å². The maximum Gasteiger partial charge on any atom is 0.337 e. The van der Waals surface area contributed by atoms with Gasteiger partial charge in [-0.25, -0.2) is 4.79 Å². The third-order valence-corrected chi connectivity index (χ3v) is 4.20. The molecule has 2 rings (SSSR count). The molecule has 0 saturated carbocycles. The molecule has 0 heterocycles. The topological polar surface area (TPSA) is 57.5 Å². The smallest absolute Gasteiger partial charge is 0.337 e. The lowest BCUT2D eigenvalue weighted by molar-refractivity contribution is -0.146. The van der Waals surface area contributed by atoms with Crippen LogP contribution in [0.3, 0.4) is 0 Å². The molecule has 1 unspecified atom stereocenters. The highest BCUT2D eigenvalue weighted by atomic mass is 35.5. The van der Waals surface area contributed by atoms with Gasteiger partial charge in [0.15, 0.2) is 6.10 Å². The molecule has 2 aromatic carbocycles. The summed E-state index contributed by atoms with van der Waals surface area (Å²) in [5.41, 5.74) is 0.819. The van der Waals surface area contributed by atoms with E-state index in [4.69, 9.17) is 51.5 Å². The molecule has 2 N–H and O–H groups in total. The quantitative estimate of drug-likeness (QED) is 0.745. The zero-order valence-corrected chi connectivity index (χ0v) is 13.3. The molecule has 0 amide bonds. The number of hydrogen-bond donors (Lipinski definition) is 2. The number of aliphatic hydroxyl groups excluding tert-OH is 1. The summed E-state index contributed by atoms with van der Waals surface area (Å²) in [6, 6.07) is 7.47. The number of carboxylic acids is 1. The molecule has 0 spiro atoms. The van der Waals surface area contributed by atoms with E-state index in [-0.39, 0.29) is 25.7 Å². The van der Waals surface area contributed by atoms with Gasteiger partial charge in [-0.05, 0) is 18.2 Å². The monoisotopic (exact) mass is 364 g/mol. The second-order valence-electron chi connectivity index (χ2n) is 4.19. The lowest BCUT2D eigenvalue weighted by Gasteiger charge is -2.16. The Hall–Kier alpha value is -0.970. The average molecular weight is 366 g/mol. The number of aliphatic carboxylic acids is 1. The molecule has 0 aromatic heterocycles. The van der Waals surface area contributed by atoms with Gasteiger partial charge in [0.1, 0.15) is 0 Å². The Kier molecular flexibility index (Phi) is 5.02. The molecule has 7 heteroatoms. The molecule has 0 saturated heterocycles. The van der Waals surface area contributed by atoms with E-state index >= 15 is 0 Å². The summed E-state index contributed by atoms with van der Waals surface area (Å²) in [6.45, 7) is 0. The van der Waals surface area contributed by atoms with Crippen LogP contribution in [0.2, 0.25) is 20.1 Å². The Bertz CT molecular complexity index is 716. The number of carboxylic acid groups (broad SMARTS) is 1. The first kappa shape index (κ1) is 16.4. The van der Waals surface area contributed by atoms with Crippen molar-refractivity contribution in [3.05, 3.63) is 56.0 Å². The van der Waals surface area contributed by atoms with Gasteiger partial charge in [0.05, 0.1) is 15.1 Å². The standard InChI is InChI=1S/C14H8Cl4O3/c15-8-3-1-2-6(13(19)14(20)21)12(8)7-4-10(17)11(18)5-9(7)16/h1-5,13,19H,(H,20,21). The summed E-state index contributed by atoms with van der Waals surface area (Å²) in [6.07, 6.45) is -1.73. The van der Waals surface area contributed by atoms with Crippen LogP contribution in [0.1, 0.15) is 11.7 Å². The number of rotatable bonds is 3. The molecule has 21 heavy (non-hydrogen) atoms. The summed E-state index contributed by atoms with van der Waals surface area (Å²) in [7, 11) is 0. The first-order valence-corrected chi connectivity index (χ1v) is 7.18. The normalized spacial score (nSPS) is 12.2. The molecule has 0 aliphatic heterocycles. The van der Waals surface area contributed by atoms with Gasteiger partial charge in [0.25, 0.3) is 0 Å². The largest absolute Gasteiger partial charge is 0.479 e. The SMILES string of the molecule is O=C(O)C(O)c1cccc(Cl)c1-c1cc(Cl)c(Cl)cc1Cl. The van der Waals surface area contributed by atoms with Crippen LogP contribution in [-0.4, -0.2) is 16.2 Å². The summed E-state index contributed by atoms with van der Waals surface area (Å²) >= 11 is 24.1. The van der Waals surface area contributed by atoms with Crippen LogP contribution in [0, 0.1) is 0 Å². The van der Waals surface area contributed by atoms with E-state index in [1.807, 2.05) is 0 Å². The van der Waals surface area contributed by atoms with Crippen molar-refractivity contribution in [1.82, 2.24) is 0 Å². The molecule has 0 aliphatic carbocycles. The molecular formula is C14H8Cl4O3. The maximum absolute atomic E-state index is 11.0. The van der Waals surface area contributed by atoms with Gasteiger partial charge in [0, 0.05) is 21.7 Å². The van der Waals surface area contributed by atoms with Crippen molar-refractivity contribution in [2.45, 2.75) is 6.10 Å². The van der Waals surface area contributed by atoms with Crippen molar-refractivity contribution < 1.29 is 15.0 Å². The van der Waals surface area contributed by atoms with Gasteiger partial charge >= 0.3 is 5.97 Å². The summed E-state index contributed by atoms with van der Waals surface area (Å²) in [5, 5.41) is 19.8. The Morgan fingerprint density at radius 3 is 2.19 bits per heavy atom. The number of carbonyl (C=O) groups is 1. The van der Waals surface area contributed by atoms with E-state index in [1.54, 1.807) is 12.1 Å². The number of hydrogen-bond acceptors (Lipinski definition) is 2. The first-order chi connectivity index (χ1) is 9.82.